The van der Waals surface area contributed by atoms with Crippen molar-refractivity contribution >= 4 is 21.7 Å². The Labute approximate surface area is 87.7 Å². The van der Waals surface area contributed by atoms with E-state index >= 15 is 0 Å². The first kappa shape index (κ1) is 10.0. The highest BCUT2D eigenvalue weighted by molar-refractivity contribution is 7.91. The lowest BCUT2D eigenvalue weighted by molar-refractivity contribution is 0.602. The molecule has 0 aromatic carbocycles. The predicted molar refractivity (Wildman–Crippen MR) is 56.3 cm³/mol. The van der Waals surface area contributed by atoms with E-state index in [0.29, 0.717) is 17.1 Å². The average molecular weight is 226 g/mol. The first-order chi connectivity index (χ1) is 6.89. The van der Waals surface area contributed by atoms with Gasteiger partial charge in [-0.15, -0.1) is 4.40 Å². The molecule has 1 aliphatic heterocycles. The minimum Gasteiger partial charge on any atom is -0.247 e. The summed E-state index contributed by atoms with van der Waals surface area (Å²) in [7, 11) is -3.64. The van der Waals surface area contributed by atoms with E-state index in [1.54, 1.807) is 13.8 Å². The highest BCUT2D eigenvalue weighted by Crippen LogP contribution is 2.20. The molecule has 1 aromatic heterocycles. The van der Waals surface area contributed by atoms with Gasteiger partial charge < -0.3 is 0 Å². The molecule has 1 aromatic rings. The van der Waals surface area contributed by atoms with Crippen molar-refractivity contribution in [2.45, 2.75) is 20.8 Å². The third kappa shape index (κ3) is 1.70. The molecule has 0 aliphatic carbocycles. The Morgan fingerprint density at radius 3 is 2.33 bits per heavy atom. The molecular formula is C8H10N4O2S. The van der Waals surface area contributed by atoms with Crippen LogP contribution in [0.5, 0.6) is 0 Å². The quantitative estimate of drug-likeness (QED) is 0.701. The highest BCUT2D eigenvalue weighted by atomic mass is 32.2. The van der Waals surface area contributed by atoms with Gasteiger partial charge in [-0.25, -0.2) is 14.7 Å². The van der Waals surface area contributed by atoms with Crippen LogP contribution in [0.3, 0.4) is 0 Å². The van der Waals surface area contributed by atoms with Gasteiger partial charge in [-0.1, -0.05) is 0 Å². The average Bonchev–Trinajstić information content (AvgIpc) is 2.07. The summed E-state index contributed by atoms with van der Waals surface area (Å²) in [5, 5.41) is 0. The van der Waals surface area contributed by atoms with E-state index in [1.807, 2.05) is 6.92 Å². The molecular weight excluding hydrogens is 216 g/mol. The number of anilines is 1. The second kappa shape index (κ2) is 2.99. The maximum atomic E-state index is 11.3. The zero-order valence-electron chi connectivity index (χ0n) is 8.57. The second-order valence-electron chi connectivity index (χ2n) is 3.35. The summed E-state index contributed by atoms with van der Waals surface area (Å²) in [5.41, 5.74) is 2.32. The normalized spacial score (nSPS) is 17.7. The van der Waals surface area contributed by atoms with Gasteiger partial charge in [0, 0.05) is 0 Å². The van der Waals surface area contributed by atoms with Crippen molar-refractivity contribution in [1.29, 1.82) is 0 Å². The number of hydrogen-bond donors (Lipinski definition) is 1. The van der Waals surface area contributed by atoms with E-state index in [1.165, 1.54) is 0 Å². The van der Waals surface area contributed by atoms with Gasteiger partial charge in [0.1, 0.15) is 5.69 Å². The van der Waals surface area contributed by atoms with Gasteiger partial charge in [0.25, 0.3) is 0 Å². The number of nitrogens with zero attached hydrogens (tertiary/aromatic N) is 3. The molecule has 0 saturated carbocycles. The molecule has 0 amide bonds. The Bertz CT molecular complexity index is 562. The van der Waals surface area contributed by atoms with E-state index in [9.17, 15) is 8.42 Å². The largest absolute Gasteiger partial charge is 0.343 e. The first-order valence-electron chi connectivity index (χ1n) is 4.34. The first-order valence-corrected chi connectivity index (χ1v) is 5.78. The number of fused-ring (bicyclic) bond motifs is 1. The fraction of sp³-hybridized carbons (Fsp3) is 0.375. The standard InChI is InChI=1S/C8H10N4O2S/c1-4-5(2)10-8-7(9-4)6(3)11-15(13,14)12-8/h1-3H3,(H,10,12). The molecule has 0 atom stereocenters. The van der Waals surface area contributed by atoms with E-state index in [0.717, 1.165) is 5.69 Å². The van der Waals surface area contributed by atoms with Gasteiger partial charge in [0.2, 0.25) is 0 Å². The molecule has 1 N–H and O–H groups in total. The smallest absolute Gasteiger partial charge is 0.247 e. The Balaban J connectivity index is 2.71. The van der Waals surface area contributed by atoms with E-state index in [-0.39, 0.29) is 5.82 Å². The van der Waals surface area contributed by atoms with Crippen LogP contribution in [0, 0.1) is 13.8 Å². The van der Waals surface area contributed by atoms with Crippen LogP contribution >= 0.6 is 0 Å². The summed E-state index contributed by atoms with van der Waals surface area (Å²) in [6, 6.07) is 0. The van der Waals surface area contributed by atoms with Crippen molar-refractivity contribution in [3.05, 3.63) is 17.1 Å². The summed E-state index contributed by atoms with van der Waals surface area (Å²) in [5.74, 6) is 0.255. The Morgan fingerprint density at radius 1 is 1.07 bits per heavy atom. The maximum Gasteiger partial charge on any atom is 0.343 e. The van der Waals surface area contributed by atoms with E-state index in [4.69, 9.17) is 0 Å². The molecule has 0 fully saturated rings. The van der Waals surface area contributed by atoms with Gasteiger partial charge in [-0.2, -0.15) is 8.42 Å². The van der Waals surface area contributed by atoms with Crippen molar-refractivity contribution in [3.8, 4) is 0 Å². The molecule has 1 aliphatic rings. The zero-order chi connectivity index (χ0) is 11.2. The summed E-state index contributed by atoms with van der Waals surface area (Å²) < 4.78 is 28.3. The molecule has 15 heavy (non-hydrogen) atoms. The number of aryl methyl sites for hydroxylation is 2. The Morgan fingerprint density at radius 2 is 1.67 bits per heavy atom. The minimum atomic E-state index is -3.64. The fourth-order valence-corrected chi connectivity index (χ4v) is 2.17. The monoisotopic (exact) mass is 226 g/mol. The van der Waals surface area contributed by atoms with Gasteiger partial charge in [-0.05, 0) is 20.8 Å². The van der Waals surface area contributed by atoms with Crippen LogP contribution in [0.1, 0.15) is 24.0 Å². The van der Waals surface area contributed by atoms with Crippen molar-refractivity contribution in [2.75, 3.05) is 4.72 Å². The van der Waals surface area contributed by atoms with Crippen molar-refractivity contribution in [2.24, 2.45) is 4.40 Å². The molecule has 2 rings (SSSR count). The number of nitrogens with one attached hydrogen (secondary N) is 1. The van der Waals surface area contributed by atoms with Crippen molar-refractivity contribution in [1.82, 2.24) is 9.97 Å². The minimum absolute atomic E-state index is 0.255. The van der Waals surface area contributed by atoms with Crippen molar-refractivity contribution in [3.63, 3.8) is 0 Å². The van der Waals surface area contributed by atoms with Crippen LogP contribution in [-0.4, -0.2) is 24.1 Å². The third-order valence-corrected chi connectivity index (χ3v) is 3.10. The molecule has 0 unspecified atom stereocenters. The number of rotatable bonds is 0. The summed E-state index contributed by atoms with van der Waals surface area (Å²) in [4.78, 5) is 8.37. The van der Waals surface area contributed by atoms with Gasteiger partial charge in [0.05, 0.1) is 17.1 Å². The molecule has 0 saturated heterocycles. The van der Waals surface area contributed by atoms with Crippen molar-refractivity contribution < 1.29 is 8.42 Å². The molecule has 6 nitrogen and oxygen atoms in total. The van der Waals surface area contributed by atoms with E-state index < -0.39 is 10.2 Å². The lowest BCUT2D eigenvalue weighted by Gasteiger charge is -2.15. The molecule has 0 spiro atoms. The topological polar surface area (TPSA) is 84.3 Å². The third-order valence-electron chi connectivity index (χ3n) is 2.13. The van der Waals surface area contributed by atoms with Crippen LogP contribution in [-0.2, 0) is 10.2 Å². The summed E-state index contributed by atoms with van der Waals surface area (Å²) in [6.45, 7) is 5.19. The lowest BCUT2D eigenvalue weighted by atomic mass is 10.2. The fourth-order valence-electron chi connectivity index (χ4n) is 1.30. The number of aromatic nitrogens is 2. The highest BCUT2D eigenvalue weighted by Gasteiger charge is 2.23. The van der Waals surface area contributed by atoms with Crippen LogP contribution in [0.25, 0.3) is 0 Å². The summed E-state index contributed by atoms with van der Waals surface area (Å²) in [6.07, 6.45) is 0. The summed E-state index contributed by atoms with van der Waals surface area (Å²) >= 11 is 0. The van der Waals surface area contributed by atoms with Crippen LogP contribution < -0.4 is 4.72 Å². The van der Waals surface area contributed by atoms with Crippen LogP contribution in [0.4, 0.5) is 5.82 Å². The SMILES string of the molecule is CC1=NS(=O)(=O)Nc2nc(C)c(C)nc21. The maximum absolute atomic E-state index is 11.3. The van der Waals surface area contributed by atoms with Gasteiger partial charge in [-0.3, -0.25) is 0 Å². The molecule has 7 heteroatoms. The second-order valence-corrected chi connectivity index (χ2v) is 4.68. The Hall–Kier alpha value is -1.50. The van der Waals surface area contributed by atoms with E-state index in [2.05, 4.69) is 19.1 Å². The van der Waals surface area contributed by atoms with Gasteiger partial charge >= 0.3 is 10.2 Å². The number of hydrogen-bond acceptors (Lipinski definition) is 4. The van der Waals surface area contributed by atoms with Gasteiger partial charge in [0.15, 0.2) is 5.82 Å². The Kier molecular flexibility index (Phi) is 2.00. The molecule has 0 bridgehead atoms. The zero-order valence-corrected chi connectivity index (χ0v) is 9.38. The molecule has 80 valence electrons. The van der Waals surface area contributed by atoms with Crippen LogP contribution in [0.2, 0.25) is 0 Å². The predicted octanol–water partition coefficient (Wildman–Crippen LogP) is 0.573. The molecule has 0 radical (unpaired) electrons. The molecule has 2 heterocycles. The van der Waals surface area contributed by atoms with Crippen LogP contribution in [0.15, 0.2) is 4.40 Å². The lowest BCUT2D eigenvalue weighted by Crippen LogP contribution is -2.22.